The van der Waals surface area contributed by atoms with E-state index in [1.54, 1.807) is 0 Å². The molecule has 20 rings (SSSR count). The number of hydrogen-bond donors (Lipinski definition) is 0. The molecule has 0 aliphatic heterocycles. The lowest BCUT2D eigenvalue weighted by atomic mass is 9.36. The van der Waals surface area contributed by atoms with Gasteiger partial charge in [-0.2, -0.15) is 0 Å². The monoisotopic (exact) mass is 861 g/mol. The smallest absolute Gasteiger partial charge is 0.171 e. The summed E-state index contributed by atoms with van der Waals surface area (Å²) < 4.78 is 2.49. The van der Waals surface area contributed by atoms with E-state index in [0.29, 0.717) is 5.92 Å². The highest BCUT2D eigenvalue weighted by molar-refractivity contribution is 6.28. The quantitative estimate of drug-likeness (QED) is 0.152. The van der Waals surface area contributed by atoms with Crippen LogP contribution in [0.25, 0.3) is 38.1 Å². The molecule has 0 fully saturated rings. The molecule has 0 N–H and O–H groups in total. The number of carbonyl (C=O) groups is 2. The molecule has 0 saturated heterocycles. The van der Waals surface area contributed by atoms with Gasteiger partial charge in [-0.25, -0.2) is 0 Å². The van der Waals surface area contributed by atoms with Gasteiger partial charge in [0.25, 0.3) is 0 Å². The van der Waals surface area contributed by atoms with Crippen LogP contribution in [0.2, 0.25) is 0 Å². The zero-order valence-corrected chi connectivity index (χ0v) is 36.5. The van der Waals surface area contributed by atoms with Crippen molar-refractivity contribution in [3.63, 3.8) is 0 Å². The Balaban J connectivity index is 0.937. The maximum atomic E-state index is 15.5. The molecule has 9 aliphatic carbocycles. The van der Waals surface area contributed by atoms with Gasteiger partial charge in [-0.15, -0.1) is 0 Å². The summed E-state index contributed by atoms with van der Waals surface area (Å²) in [7, 11) is 0. The van der Waals surface area contributed by atoms with E-state index in [-0.39, 0.29) is 57.4 Å². The molecule has 9 aromatic carbocycles. The lowest BCUT2D eigenvalue weighted by molar-refractivity contribution is 0.0839. The fraction of sp³-hybridized carbons (Fsp3) is 0.138. The van der Waals surface area contributed by atoms with Gasteiger partial charge in [0.2, 0.25) is 0 Å². The molecule has 9 unspecified atom stereocenters. The largest absolute Gasteiger partial charge is 0.308 e. The maximum Gasteiger partial charge on any atom is 0.171 e. The van der Waals surface area contributed by atoms with Crippen LogP contribution in [-0.4, -0.2) is 16.0 Å². The van der Waals surface area contributed by atoms with E-state index in [1.165, 1.54) is 111 Å². The van der Waals surface area contributed by atoms with Crippen molar-refractivity contribution < 1.29 is 9.59 Å². The number of nitrogens with zero attached hydrogens (tertiary/aromatic N) is 1. The summed E-state index contributed by atoms with van der Waals surface area (Å²) >= 11 is 0. The first-order valence-corrected chi connectivity index (χ1v) is 24.6. The van der Waals surface area contributed by atoms with Crippen molar-refractivity contribution in [3.05, 3.63) is 276 Å². The van der Waals surface area contributed by atoms with Crippen molar-refractivity contribution in [2.24, 2.45) is 0 Å². The summed E-state index contributed by atoms with van der Waals surface area (Å²) in [6.07, 6.45) is 0. The van der Waals surface area contributed by atoms with Crippen LogP contribution in [0, 0.1) is 0 Å². The van der Waals surface area contributed by atoms with Crippen LogP contribution in [0.5, 0.6) is 0 Å². The van der Waals surface area contributed by atoms with Crippen molar-refractivity contribution in [2.45, 2.75) is 51.8 Å². The zero-order valence-electron chi connectivity index (χ0n) is 36.5. The highest BCUT2D eigenvalue weighted by Gasteiger charge is 2.72. The van der Waals surface area contributed by atoms with Crippen LogP contribution in [-0.2, 0) is 16.2 Å². The topological polar surface area (TPSA) is 38.5 Å². The van der Waals surface area contributed by atoms with Gasteiger partial charge in [0.1, 0.15) is 0 Å². The molecular weight excluding hydrogens is 827 g/mol. The minimum atomic E-state index is -0.338. The van der Waals surface area contributed by atoms with Gasteiger partial charge in [0.05, 0.1) is 28.4 Å². The van der Waals surface area contributed by atoms with Gasteiger partial charge in [0.15, 0.2) is 11.6 Å². The summed E-state index contributed by atoms with van der Waals surface area (Å²) in [5.41, 5.74) is 25.7. The highest BCUT2D eigenvalue weighted by Crippen LogP contribution is 2.80. The molecule has 2 heterocycles. The van der Waals surface area contributed by atoms with Gasteiger partial charge >= 0.3 is 0 Å². The number of hydrogen-bond acceptors (Lipinski definition) is 2. The van der Waals surface area contributed by atoms with E-state index < -0.39 is 0 Å². The van der Waals surface area contributed by atoms with Crippen molar-refractivity contribution in [1.29, 1.82) is 0 Å². The number of benzene rings is 9. The molecule has 0 bridgehead atoms. The summed E-state index contributed by atoms with van der Waals surface area (Å²) in [5.74, 6) is 0.783. The van der Waals surface area contributed by atoms with Crippen LogP contribution in [0.3, 0.4) is 0 Å². The van der Waals surface area contributed by atoms with Crippen molar-refractivity contribution in [3.8, 4) is 0 Å². The Kier molecular flexibility index (Phi) is 4.95. The SMILES string of the molecule is O=C1c2cc3c(cc2C2c4ccccc4C24c2ccccc2C14)c1cc2c(c4c5cc6c(cc5n3c14)C(=O)C1c3ccccc3C13c1ccccc1C63)C1c3ccccc3C3c4ccccc4C231. The minimum Gasteiger partial charge on any atom is -0.308 e. The molecule has 9 atom stereocenters. The van der Waals surface area contributed by atoms with Crippen LogP contribution < -0.4 is 0 Å². The molecule has 312 valence electrons. The van der Waals surface area contributed by atoms with Crippen molar-refractivity contribution >= 4 is 49.7 Å². The Morgan fingerprint density at radius 3 is 1.18 bits per heavy atom. The Hall–Kier alpha value is -7.88. The summed E-state index contributed by atoms with van der Waals surface area (Å²) in [5, 5.41) is 5.02. The van der Waals surface area contributed by atoms with E-state index in [9.17, 15) is 0 Å². The van der Waals surface area contributed by atoms with Crippen molar-refractivity contribution in [1.82, 2.24) is 4.40 Å². The minimum absolute atomic E-state index is 0.0976. The Bertz CT molecular complexity index is 4450. The summed E-state index contributed by atoms with van der Waals surface area (Å²) in [6.45, 7) is 0. The molecule has 9 aliphatic rings. The third-order valence-electron chi connectivity index (χ3n) is 20.3. The standard InChI is InChI=1S/C65H35NO2/c67-61-41-28-50-37(25-38(41)55-33-16-4-8-20-44(33)63(55)47-23-11-6-18-35(47)58(61)63)40-27-49-53(57-31-14-2-1-13-30(31)54-32-15-3-10-22-46(32)65(49,54)57)52-43-26-39-42(29-51(43)66(50)60(40)52)62(68)59-36-19-7-12-24-48(36)64(59)45-21-9-5-17-34(45)56(39)64/h1-29,54-59H. The highest BCUT2D eigenvalue weighted by atomic mass is 16.1. The first-order chi connectivity index (χ1) is 33.6. The molecule has 0 amide bonds. The molecule has 0 saturated carbocycles. The molecule has 3 heteroatoms. The van der Waals surface area contributed by atoms with E-state index in [0.717, 1.165) is 27.7 Å². The fourth-order valence-electron chi connectivity index (χ4n) is 18.4. The lowest BCUT2D eigenvalue weighted by Gasteiger charge is -2.64. The average Bonchev–Trinajstić information content (AvgIpc) is 3.91. The number of Topliss-reactive ketones (excluding diaryl/α,β-unsaturated/α-hetero) is 2. The molecule has 11 aromatic rings. The number of carbonyl (C=O) groups excluding carboxylic acids is 2. The first-order valence-electron chi connectivity index (χ1n) is 24.6. The number of ketones is 2. The first kappa shape index (κ1) is 33.6. The second-order valence-electron chi connectivity index (χ2n) is 21.9. The molecular formula is C65H35NO2. The third kappa shape index (κ3) is 2.85. The predicted octanol–water partition coefficient (Wildman–Crippen LogP) is 13.2. The second kappa shape index (κ2) is 10.0. The fourth-order valence-corrected chi connectivity index (χ4v) is 18.4. The van der Waals surface area contributed by atoms with Gasteiger partial charge in [-0.3, -0.25) is 9.59 Å². The van der Waals surface area contributed by atoms with Crippen LogP contribution >= 0.6 is 0 Å². The van der Waals surface area contributed by atoms with Gasteiger partial charge < -0.3 is 4.40 Å². The number of rotatable bonds is 0. The average molecular weight is 862 g/mol. The van der Waals surface area contributed by atoms with Gasteiger partial charge in [-0.05, 0) is 119 Å². The van der Waals surface area contributed by atoms with Crippen LogP contribution in [0.4, 0.5) is 0 Å². The predicted molar refractivity (Wildman–Crippen MR) is 264 cm³/mol. The van der Waals surface area contributed by atoms with E-state index in [4.69, 9.17) is 0 Å². The zero-order chi connectivity index (χ0) is 43.6. The number of fused-ring (bicyclic) bond motifs is 26. The molecule has 3 nitrogen and oxygen atoms in total. The van der Waals surface area contributed by atoms with Crippen LogP contribution in [0.1, 0.15) is 145 Å². The van der Waals surface area contributed by atoms with Crippen LogP contribution in [0.15, 0.2) is 176 Å². The molecule has 2 aromatic heterocycles. The van der Waals surface area contributed by atoms with Gasteiger partial charge in [-0.1, -0.05) is 146 Å². The molecule has 3 spiro atoms. The Morgan fingerprint density at radius 1 is 0.324 bits per heavy atom. The molecule has 0 radical (unpaired) electrons. The Morgan fingerprint density at radius 2 is 0.691 bits per heavy atom. The normalized spacial score (nSPS) is 29.4. The molecule has 68 heavy (non-hydrogen) atoms. The Labute approximate surface area is 389 Å². The second-order valence-corrected chi connectivity index (χ2v) is 21.9. The van der Waals surface area contributed by atoms with E-state index in [1.807, 2.05) is 0 Å². The lowest BCUT2D eigenvalue weighted by Crippen LogP contribution is -2.61. The summed E-state index contributed by atoms with van der Waals surface area (Å²) in [6, 6.07) is 65.8. The van der Waals surface area contributed by atoms with E-state index >= 15 is 9.59 Å². The van der Waals surface area contributed by atoms with Crippen molar-refractivity contribution in [2.75, 3.05) is 0 Å². The third-order valence-corrected chi connectivity index (χ3v) is 20.3. The maximum absolute atomic E-state index is 15.5. The number of aromatic nitrogens is 1. The van der Waals surface area contributed by atoms with Gasteiger partial charge in [0, 0.05) is 72.6 Å². The summed E-state index contributed by atoms with van der Waals surface area (Å²) in [4.78, 5) is 31.0. The van der Waals surface area contributed by atoms with E-state index in [2.05, 4.69) is 180 Å².